The summed E-state index contributed by atoms with van der Waals surface area (Å²) in [6.07, 6.45) is 2.51. The molecule has 1 saturated heterocycles. The quantitative estimate of drug-likeness (QED) is 0.886. The predicted octanol–water partition coefficient (Wildman–Crippen LogP) is 2.40. The van der Waals surface area contributed by atoms with Crippen LogP contribution in [0.2, 0.25) is 0 Å². The fraction of sp³-hybridized carbons (Fsp3) is 0.429. The number of anilines is 1. The summed E-state index contributed by atoms with van der Waals surface area (Å²) < 4.78 is 0. The molecule has 0 unspecified atom stereocenters. The molecule has 1 aromatic heterocycles. The summed E-state index contributed by atoms with van der Waals surface area (Å²) in [6, 6.07) is 9.26. The molecule has 4 rings (SSSR count). The lowest BCUT2D eigenvalue weighted by Crippen LogP contribution is -2.36. The van der Waals surface area contributed by atoms with Gasteiger partial charge in [-0.05, 0) is 25.0 Å². The Balaban J connectivity index is 1.65. The third kappa shape index (κ3) is 3.32. The van der Waals surface area contributed by atoms with E-state index < -0.39 is 0 Å². The Morgan fingerprint density at radius 2 is 1.93 bits per heavy atom. The Labute approximate surface area is 164 Å². The van der Waals surface area contributed by atoms with Gasteiger partial charge in [0.1, 0.15) is 5.82 Å². The Kier molecular flexibility index (Phi) is 4.98. The van der Waals surface area contributed by atoms with Gasteiger partial charge < -0.3 is 15.1 Å². The minimum atomic E-state index is -0.115. The van der Waals surface area contributed by atoms with Gasteiger partial charge in [-0.2, -0.15) is 0 Å². The van der Waals surface area contributed by atoms with Crippen LogP contribution in [0.3, 0.4) is 0 Å². The fourth-order valence-electron chi connectivity index (χ4n) is 4.08. The number of rotatable bonds is 3. The van der Waals surface area contributed by atoms with Crippen LogP contribution in [-0.4, -0.2) is 51.7 Å². The van der Waals surface area contributed by atoms with Crippen LogP contribution in [0.4, 0.5) is 5.82 Å². The minimum Gasteiger partial charge on any atom is -0.373 e. The maximum atomic E-state index is 13.0. The molecule has 1 atom stereocenters. The maximum Gasteiger partial charge on any atom is 0.254 e. The van der Waals surface area contributed by atoms with E-state index in [4.69, 9.17) is 9.97 Å². The normalized spacial score (nSPS) is 18.7. The van der Waals surface area contributed by atoms with Crippen molar-refractivity contribution < 1.29 is 9.59 Å². The van der Waals surface area contributed by atoms with E-state index in [9.17, 15) is 9.59 Å². The number of likely N-dealkylation sites (tertiary alicyclic amines) is 1. The second-order valence-corrected chi connectivity index (χ2v) is 7.32. The first kappa shape index (κ1) is 18.4. The van der Waals surface area contributed by atoms with Crippen molar-refractivity contribution in [3.8, 4) is 0 Å². The third-order valence-electron chi connectivity index (χ3n) is 5.59. The van der Waals surface area contributed by atoms with Gasteiger partial charge in [0, 0.05) is 44.6 Å². The summed E-state index contributed by atoms with van der Waals surface area (Å²) in [5.74, 6) is 1.54. The smallest absolute Gasteiger partial charge is 0.254 e. The summed E-state index contributed by atoms with van der Waals surface area (Å²) in [5.41, 5.74) is 2.65. The second-order valence-electron chi connectivity index (χ2n) is 7.32. The van der Waals surface area contributed by atoms with Gasteiger partial charge in [0.05, 0.1) is 18.3 Å². The van der Waals surface area contributed by atoms with Crippen LogP contribution in [-0.2, 0) is 17.8 Å². The number of hydrogen-bond donors (Lipinski definition) is 1. The molecule has 2 aliphatic heterocycles. The summed E-state index contributed by atoms with van der Waals surface area (Å²) in [7, 11) is 1.83. The van der Waals surface area contributed by atoms with Crippen molar-refractivity contribution in [1.82, 2.24) is 19.8 Å². The highest BCUT2D eigenvalue weighted by molar-refractivity contribution is 5.94. The van der Waals surface area contributed by atoms with Gasteiger partial charge in [-0.25, -0.2) is 9.97 Å². The molecule has 146 valence electrons. The number of amides is 2. The molecule has 7 heteroatoms. The number of fused-ring (bicyclic) bond motifs is 1. The Morgan fingerprint density at radius 1 is 1.14 bits per heavy atom. The van der Waals surface area contributed by atoms with Crippen LogP contribution < -0.4 is 5.32 Å². The maximum absolute atomic E-state index is 13.0. The number of carbonyl (C=O) groups excluding carboxylic acids is 2. The molecule has 1 aromatic carbocycles. The molecule has 0 saturated carbocycles. The van der Waals surface area contributed by atoms with Crippen molar-refractivity contribution in [3.05, 3.63) is 53.0 Å². The zero-order valence-electron chi connectivity index (χ0n) is 16.3. The van der Waals surface area contributed by atoms with Crippen LogP contribution in [0, 0.1) is 0 Å². The molecule has 0 radical (unpaired) electrons. The molecule has 2 aliphatic rings. The van der Waals surface area contributed by atoms with Crippen molar-refractivity contribution in [2.24, 2.45) is 0 Å². The van der Waals surface area contributed by atoms with Crippen molar-refractivity contribution >= 4 is 17.6 Å². The van der Waals surface area contributed by atoms with Crippen molar-refractivity contribution in [3.63, 3.8) is 0 Å². The SMILES string of the molecule is CNc1nc([C@@H]2CCCN2C(=O)c2ccccc2)nc2c1CN(C(C)=O)CC2. The molecular formula is C21H25N5O2. The predicted molar refractivity (Wildman–Crippen MR) is 106 cm³/mol. The van der Waals surface area contributed by atoms with Crippen LogP contribution in [0.5, 0.6) is 0 Å². The molecule has 1 N–H and O–H groups in total. The van der Waals surface area contributed by atoms with E-state index in [1.807, 2.05) is 47.2 Å². The highest BCUT2D eigenvalue weighted by atomic mass is 16.2. The number of carbonyl (C=O) groups is 2. The molecule has 3 heterocycles. The summed E-state index contributed by atoms with van der Waals surface area (Å²) in [4.78, 5) is 38.1. The van der Waals surface area contributed by atoms with Crippen LogP contribution >= 0.6 is 0 Å². The van der Waals surface area contributed by atoms with Crippen LogP contribution in [0.25, 0.3) is 0 Å². The van der Waals surface area contributed by atoms with Crippen molar-refractivity contribution in [2.75, 3.05) is 25.5 Å². The van der Waals surface area contributed by atoms with E-state index in [1.165, 1.54) is 0 Å². The first-order valence-corrected chi connectivity index (χ1v) is 9.77. The lowest BCUT2D eigenvalue weighted by Gasteiger charge is -2.30. The highest BCUT2D eigenvalue weighted by Gasteiger charge is 2.34. The van der Waals surface area contributed by atoms with E-state index >= 15 is 0 Å². The molecule has 0 bridgehead atoms. The van der Waals surface area contributed by atoms with Gasteiger partial charge in [0.2, 0.25) is 5.91 Å². The number of nitrogens with one attached hydrogen (secondary N) is 1. The largest absolute Gasteiger partial charge is 0.373 e. The van der Waals surface area contributed by atoms with Crippen LogP contribution in [0.1, 0.15) is 53.2 Å². The second kappa shape index (κ2) is 7.58. The first-order chi connectivity index (χ1) is 13.6. The molecule has 2 amide bonds. The zero-order valence-corrected chi connectivity index (χ0v) is 16.3. The number of aromatic nitrogens is 2. The van der Waals surface area contributed by atoms with Gasteiger partial charge in [0.15, 0.2) is 5.82 Å². The minimum absolute atomic E-state index is 0.0261. The van der Waals surface area contributed by atoms with Gasteiger partial charge in [0.25, 0.3) is 5.91 Å². The van der Waals surface area contributed by atoms with Crippen molar-refractivity contribution in [1.29, 1.82) is 0 Å². The monoisotopic (exact) mass is 379 g/mol. The first-order valence-electron chi connectivity index (χ1n) is 9.77. The van der Waals surface area contributed by atoms with Crippen molar-refractivity contribution in [2.45, 2.75) is 38.8 Å². The van der Waals surface area contributed by atoms with E-state index in [1.54, 1.807) is 6.92 Å². The number of hydrogen-bond acceptors (Lipinski definition) is 5. The standard InChI is InChI=1S/C21H25N5O2/c1-14(27)25-12-10-17-16(13-25)19(22-2)24-20(23-17)18-9-6-11-26(18)21(28)15-7-4-3-5-8-15/h3-5,7-8,18H,6,9-13H2,1-2H3,(H,22,23,24)/t18-/m0/s1. The van der Waals surface area contributed by atoms with Crippen LogP contribution in [0.15, 0.2) is 30.3 Å². The molecule has 0 aliphatic carbocycles. The molecule has 7 nitrogen and oxygen atoms in total. The lowest BCUT2D eigenvalue weighted by atomic mass is 10.0. The van der Waals surface area contributed by atoms with E-state index in [-0.39, 0.29) is 17.9 Å². The third-order valence-corrected chi connectivity index (χ3v) is 5.59. The topological polar surface area (TPSA) is 78.4 Å². The average Bonchev–Trinajstić information content (AvgIpc) is 3.22. The van der Waals surface area contributed by atoms with Gasteiger partial charge in [-0.3, -0.25) is 9.59 Å². The zero-order chi connectivity index (χ0) is 19.7. The summed E-state index contributed by atoms with van der Waals surface area (Å²) in [6.45, 7) is 3.49. The molecule has 28 heavy (non-hydrogen) atoms. The Hall–Kier alpha value is -2.96. The highest BCUT2D eigenvalue weighted by Crippen LogP contribution is 2.34. The number of benzene rings is 1. The van der Waals surface area contributed by atoms with E-state index in [0.29, 0.717) is 37.4 Å². The average molecular weight is 379 g/mol. The lowest BCUT2D eigenvalue weighted by molar-refractivity contribution is -0.129. The number of nitrogens with zero attached hydrogens (tertiary/aromatic N) is 4. The van der Waals surface area contributed by atoms with Gasteiger partial charge in [-0.1, -0.05) is 18.2 Å². The van der Waals surface area contributed by atoms with E-state index in [0.717, 1.165) is 29.9 Å². The molecule has 0 spiro atoms. The fourth-order valence-corrected chi connectivity index (χ4v) is 4.08. The molecular weight excluding hydrogens is 354 g/mol. The Bertz CT molecular complexity index is 882. The van der Waals surface area contributed by atoms with Gasteiger partial charge >= 0.3 is 0 Å². The Morgan fingerprint density at radius 3 is 2.64 bits per heavy atom. The molecule has 2 aromatic rings. The summed E-state index contributed by atoms with van der Waals surface area (Å²) >= 11 is 0. The van der Waals surface area contributed by atoms with Gasteiger partial charge in [-0.15, -0.1) is 0 Å². The molecule has 1 fully saturated rings. The van der Waals surface area contributed by atoms with E-state index in [2.05, 4.69) is 5.32 Å². The summed E-state index contributed by atoms with van der Waals surface area (Å²) in [5, 5.41) is 3.16.